The molecule has 0 bridgehead atoms. The normalized spacial score (nSPS) is 19.9. The molecule has 0 aromatic carbocycles. The summed E-state index contributed by atoms with van der Waals surface area (Å²) in [6.07, 6.45) is 0. The van der Waals surface area contributed by atoms with Crippen LogP contribution in [0.25, 0.3) is 5.76 Å². The Bertz CT molecular complexity index is 604. The number of ketones is 2. The van der Waals surface area contributed by atoms with Gasteiger partial charge < -0.3 is 14.7 Å². The molecule has 1 aliphatic heterocycles. The summed E-state index contributed by atoms with van der Waals surface area (Å²) in [5.41, 5.74) is 0.183. The van der Waals surface area contributed by atoms with Crippen LogP contribution in [0.4, 0.5) is 5.13 Å². The number of aliphatic hydroxyl groups is 1. The number of hydrogen-bond donors (Lipinski definition) is 1. The Morgan fingerprint density at radius 1 is 1.26 bits per heavy atom. The van der Waals surface area contributed by atoms with Gasteiger partial charge in [-0.2, -0.15) is 0 Å². The first kappa shape index (κ1) is 12.8. The van der Waals surface area contributed by atoms with Crippen molar-refractivity contribution < 1.29 is 19.4 Å². The lowest BCUT2D eigenvalue weighted by Gasteiger charge is -2.25. The molecule has 0 amide bonds. The highest BCUT2D eigenvalue weighted by Crippen LogP contribution is 2.37. The van der Waals surface area contributed by atoms with Crippen LogP contribution in [0.5, 0.6) is 0 Å². The summed E-state index contributed by atoms with van der Waals surface area (Å²) in [7, 11) is 0. The minimum atomic E-state index is -0.734. The Morgan fingerprint density at radius 3 is 2.63 bits per heavy atom. The van der Waals surface area contributed by atoms with Crippen LogP contribution in [-0.2, 0) is 9.53 Å². The lowest BCUT2D eigenvalue weighted by atomic mass is 10.1. The zero-order chi connectivity index (χ0) is 13.6. The number of halogens is 1. The second-order valence-electron chi connectivity index (χ2n) is 4.09. The number of Topliss-reactive ketones (excluding diaryl/α,β-unsaturated/α-hetero) is 2. The molecule has 6 nitrogen and oxygen atoms in total. The molecule has 2 heterocycles. The van der Waals surface area contributed by atoms with Crippen LogP contribution in [-0.4, -0.2) is 48.0 Å². The van der Waals surface area contributed by atoms with Crippen molar-refractivity contribution in [3.8, 4) is 0 Å². The van der Waals surface area contributed by atoms with Gasteiger partial charge in [-0.25, -0.2) is 4.98 Å². The van der Waals surface area contributed by atoms with E-state index in [-0.39, 0.29) is 20.8 Å². The third kappa shape index (κ3) is 1.99. The number of thiazole rings is 1. The van der Waals surface area contributed by atoms with E-state index in [0.717, 1.165) is 11.3 Å². The van der Waals surface area contributed by atoms with E-state index in [1.807, 2.05) is 4.90 Å². The zero-order valence-corrected chi connectivity index (χ0v) is 12.1. The van der Waals surface area contributed by atoms with Crippen LogP contribution >= 0.6 is 27.3 Å². The maximum absolute atomic E-state index is 11.9. The zero-order valence-electron chi connectivity index (χ0n) is 9.68. The highest BCUT2D eigenvalue weighted by atomic mass is 79.9. The van der Waals surface area contributed by atoms with Crippen molar-refractivity contribution >= 4 is 49.7 Å². The highest BCUT2D eigenvalue weighted by molar-refractivity contribution is 9.12. The fourth-order valence-electron chi connectivity index (χ4n) is 1.93. The number of rotatable bonds is 1. The molecule has 1 fully saturated rings. The summed E-state index contributed by atoms with van der Waals surface area (Å²) in [5, 5.41) is 10.5. The van der Waals surface area contributed by atoms with Crippen molar-refractivity contribution in [2.45, 2.75) is 0 Å². The van der Waals surface area contributed by atoms with E-state index in [4.69, 9.17) is 4.74 Å². The Balaban J connectivity index is 2.04. The lowest BCUT2D eigenvalue weighted by Crippen LogP contribution is -2.36. The van der Waals surface area contributed by atoms with Crippen LogP contribution in [0.2, 0.25) is 0 Å². The Labute approximate surface area is 120 Å². The second-order valence-corrected chi connectivity index (χ2v) is 5.86. The molecule has 0 atom stereocenters. The number of fused-ring (bicyclic) bond motifs is 1. The molecule has 1 aromatic heterocycles. The molecular formula is C11H9BrN2O4S. The summed E-state index contributed by atoms with van der Waals surface area (Å²) < 4.78 is 5.13. The Hall–Kier alpha value is -1.25. The summed E-state index contributed by atoms with van der Waals surface area (Å²) in [4.78, 5) is 29.9. The van der Waals surface area contributed by atoms with Gasteiger partial charge in [-0.15, -0.1) is 0 Å². The number of morpholine rings is 1. The number of nitrogens with zero attached hydrogens (tertiary/aromatic N) is 2. The molecule has 0 unspecified atom stereocenters. The minimum Gasteiger partial charge on any atom is -0.504 e. The maximum atomic E-state index is 11.9. The molecule has 0 saturated carbocycles. The third-order valence-electron chi connectivity index (χ3n) is 2.94. The Morgan fingerprint density at radius 2 is 1.95 bits per heavy atom. The molecule has 0 spiro atoms. The predicted molar refractivity (Wildman–Crippen MR) is 73.0 cm³/mol. The largest absolute Gasteiger partial charge is 0.504 e. The topological polar surface area (TPSA) is 79.7 Å². The average molecular weight is 345 g/mol. The van der Waals surface area contributed by atoms with Crippen LogP contribution in [0.3, 0.4) is 0 Å². The molecule has 2 aliphatic rings. The molecule has 1 aromatic rings. The second kappa shape index (κ2) is 4.69. The summed E-state index contributed by atoms with van der Waals surface area (Å²) in [6.45, 7) is 2.56. The molecule has 100 valence electrons. The van der Waals surface area contributed by atoms with Crippen molar-refractivity contribution in [3.63, 3.8) is 0 Å². The van der Waals surface area contributed by atoms with Gasteiger partial charge in [-0.3, -0.25) is 9.59 Å². The molecule has 0 radical (unpaired) electrons. The van der Waals surface area contributed by atoms with Crippen molar-refractivity contribution in [1.82, 2.24) is 4.98 Å². The Kier molecular flexibility index (Phi) is 3.15. The number of aliphatic hydroxyl groups excluding tert-OH is 1. The smallest absolute Gasteiger partial charge is 0.246 e. The molecule has 19 heavy (non-hydrogen) atoms. The van der Waals surface area contributed by atoms with E-state index in [1.54, 1.807) is 0 Å². The van der Waals surface area contributed by atoms with E-state index in [2.05, 4.69) is 20.9 Å². The van der Waals surface area contributed by atoms with Crippen LogP contribution in [0, 0.1) is 0 Å². The third-order valence-corrected chi connectivity index (χ3v) is 4.79. The summed E-state index contributed by atoms with van der Waals surface area (Å²) in [5.74, 6) is -1.63. The number of allylic oxidation sites excluding steroid dienone is 1. The van der Waals surface area contributed by atoms with Gasteiger partial charge in [0.2, 0.25) is 11.6 Å². The first-order valence-electron chi connectivity index (χ1n) is 5.61. The van der Waals surface area contributed by atoms with E-state index in [1.165, 1.54) is 0 Å². The van der Waals surface area contributed by atoms with Gasteiger partial charge in [0.1, 0.15) is 15.1 Å². The average Bonchev–Trinajstić information content (AvgIpc) is 2.89. The van der Waals surface area contributed by atoms with Crippen molar-refractivity contribution in [1.29, 1.82) is 0 Å². The number of carbonyl (C=O) groups is 2. The first-order valence-corrected chi connectivity index (χ1v) is 7.22. The first-order chi connectivity index (χ1) is 9.09. The summed E-state index contributed by atoms with van der Waals surface area (Å²) in [6, 6.07) is 0. The molecule has 8 heteroatoms. The monoisotopic (exact) mass is 344 g/mol. The van der Waals surface area contributed by atoms with Gasteiger partial charge in [-0.05, 0) is 15.9 Å². The van der Waals surface area contributed by atoms with Crippen LogP contribution < -0.4 is 4.90 Å². The molecule has 1 aliphatic carbocycles. The van der Waals surface area contributed by atoms with Crippen LogP contribution in [0.15, 0.2) is 4.48 Å². The number of ether oxygens (including phenoxy) is 1. The van der Waals surface area contributed by atoms with Gasteiger partial charge in [0.05, 0.1) is 13.2 Å². The summed E-state index contributed by atoms with van der Waals surface area (Å²) >= 11 is 4.06. The fraction of sp³-hybridized carbons (Fsp3) is 0.364. The van der Waals surface area contributed by atoms with Crippen molar-refractivity contribution in [2.75, 3.05) is 31.2 Å². The van der Waals surface area contributed by atoms with Gasteiger partial charge in [0, 0.05) is 13.1 Å². The SMILES string of the molecule is O=C1C(=O)c2sc(N3CCOCC3)nc2C(O)=C1Br. The van der Waals surface area contributed by atoms with E-state index < -0.39 is 11.6 Å². The molecule has 1 N–H and O–H groups in total. The van der Waals surface area contributed by atoms with Crippen molar-refractivity contribution in [3.05, 3.63) is 15.1 Å². The number of anilines is 1. The van der Waals surface area contributed by atoms with Crippen molar-refractivity contribution in [2.24, 2.45) is 0 Å². The number of carbonyl (C=O) groups excluding carboxylic acids is 2. The maximum Gasteiger partial charge on any atom is 0.246 e. The van der Waals surface area contributed by atoms with E-state index >= 15 is 0 Å². The van der Waals surface area contributed by atoms with Crippen LogP contribution in [0.1, 0.15) is 15.4 Å². The van der Waals surface area contributed by atoms with E-state index in [0.29, 0.717) is 31.4 Å². The van der Waals surface area contributed by atoms with Gasteiger partial charge >= 0.3 is 0 Å². The molecule has 3 rings (SSSR count). The highest BCUT2D eigenvalue weighted by Gasteiger charge is 2.36. The van der Waals surface area contributed by atoms with Gasteiger partial charge in [0.15, 0.2) is 10.9 Å². The predicted octanol–water partition coefficient (Wildman–Crippen LogP) is 1.37. The van der Waals surface area contributed by atoms with E-state index in [9.17, 15) is 14.7 Å². The minimum absolute atomic E-state index is 0.121. The van der Waals surface area contributed by atoms with Gasteiger partial charge in [-0.1, -0.05) is 11.3 Å². The van der Waals surface area contributed by atoms with Gasteiger partial charge in [0.25, 0.3) is 0 Å². The fourth-order valence-corrected chi connectivity index (χ4v) is 3.35. The molecular weight excluding hydrogens is 336 g/mol. The number of hydrogen-bond acceptors (Lipinski definition) is 7. The lowest BCUT2D eigenvalue weighted by molar-refractivity contribution is -0.111. The number of aromatic nitrogens is 1. The molecule has 1 saturated heterocycles. The standard InChI is InChI=1S/C11H9BrN2O4S/c12-5-7(15)6-10(9(17)8(5)16)19-11(13-6)14-1-3-18-4-2-14/h15H,1-4H2. The quantitative estimate of drug-likeness (QED) is 0.775.